The second-order valence-electron chi connectivity index (χ2n) is 4.77. The number of thiophene rings is 1. The lowest BCUT2D eigenvalue weighted by molar-refractivity contribution is 0.415. The highest BCUT2D eigenvalue weighted by atomic mass is 79.9. The van der Waals surface area contributed by atoms with Crippen molar-refractivity contribution in [1.82, 2.24) is 4.98 Å². The van der Waals surface area contributed by atoms with Crippen molar-refractivity contribution in [3.63, 3.8) is 0 Å². The van der Waals surface area contributed by atoms with Crippen LogP contribution in [0.25, 0.3) is 21.7 Å². The van der Waals surface area contributed by atoms with Gasteiger partial charge in [0.2, 0.25) is 0 Å². The maximum Gasteiger partial charge on any atom is 0.267 e. The first-order valence-corrected chi connectivity index (χ1v) is 8.36. The molecule has 1 aromatic carbocycles. The molecule has 0 saturated carbocycles. The Kier molecular flexibility index (Phi) is 4.33. The number of methoxy groups -OCH3 is 1. The third kappa shape index (κ3) is 3.07. The molecule has 6 heteroatoms. The zero-order valence-electron chi connectivity index (χ0n) is 12.1. The van der Waals surface area contributed by atoms with E-state index in [1.165, 1.54) is 11.3 Å². The molecule has 0 radical (unpaired) electrons. The highest BCUT2D eigenvalue weighted by molar-refractivity contribution is 9.10. The number of aromatic nitrogens is 1. The summed E-state index contributed by atoms with van der Waals surface area (Å²) >= 11 is 4.88. The van der Waals surface area contributed by atoms with E-state index in [0.717, 1.165) is 14.9 Å². The molecule has 0 aliphatic heterocycles. The van der Waals surface area contributed by atoms with Gasteiger partial charge in [-0.3, -0.25) is 4.79 Å². The van der Waals surface area contributed by atoms with Crippen LogP contribution in [0.3, 0.4) is 0 Å². The highest BCUT2D eigenvalue weighted by Crippen LogP contribution is 2.33. The van der Waals surface area contributed by atoms with Crippen LogP contribution < -0.4 is 10.3 Å². The summed E-state index contributed by atoms with van der Waals surface area (Å²) in [6.45, 7) is 0. The highest BCUT2D eigenvalue weighted by Gasteiger charge is 2.14. The van der Waals surface area contributed by atoms with Gasteiger partial charge in [0.05, 0.1) is 7.11 Å². The lowest BCUT2D eigenvalue weighted by Gasteiger charge is -2.08. The number of nitrogens with zero attached hydrogens (tertiary/aromatic N) is 1. The van der Waals surface area contributed by atoms with E-state index < -0.39 is 5.56 Å². The zero-order valence-corrected chi connectivity index (χ0v) is 14.5. The number of benzene rings is 1. The molecule has 0 aliphatic rings. The van der Waals surface area contributed by atoms with Crippen LogP contribution in [0.5, 0.6) is 5.75 Å². The Labute approximate surface area is 145 Å². The third-order valence-electron chi connectivity index (χ3n) is 3.36. The first-order valence-electron chi connectivity index (χ1n) is 6.68. The molecule has 0 amide bonds. The van der Waals surface area contributed by atoms with Crippen molar-refractivity contribution < 1.29 is 4.74 Å². The van der Waals surface area contributed by atoms with Gasteiger partial charge in [-0.25, -0.2) is 0 Å². The first kappa shape index (κ1) is 15.5. The number of rotatable bonds is 3. The number of halogens is 1. The van der Waals surface area contributed by atoms with E-state index in [2.05, 4.69) is 20.9 Å². The molecule has 3 aromatic rings. The molecule has 1 N–H and O–H groups in total. The van der Waals surface area contributed by atoms with Gasteiger partial charge in [0.1, 0.15) is 17.4 Å². The van der Waals surface area contributed by atoms with E-state index in [0.29, 0.717) is 17.0 Å². The van der Waals surface area contributed by atoms with Gasteiger partial charge in [0.15, 0.2) is 0 Å². The molecule has 0 atom stereocenters. The summed E-state index contributed by atoms with van der Waals surface area (Å²) in [5.74, 6) is 0.702. The van der Waals surface area contributed by atoms with Gasteiger partial charge in [-0.2, -0.15) is 5.26 Å². The van der Waals surface area contributed by atoms with Crippen LogP contribution in [0, 0.1) is 11.3 Å². The van der Waals surface area contributed by atoms with Crippen LogP contribution in [0.4, 0.5) is 0 Å². The zero-order chi connectivity index (χ0) is 16.4. The standard InChI is InChI=1S/C17H11BrN2O2S/c1-22-12-4-2-3-10(5-12)15-7-13(14(8-19)17(21)20-15)16-6-11(18)9-23-16/h2-7,9H,1H3,(H,20,21). The number of pyridine rings is 1. The van der Waals surface area contributed by atoms with E-state index in [9.17, 15) is 10.1 Å². The van der Waals surface area contributed by atoms with Crippen molar-refractivity contribution in [3.05, 3.63) is 62.2 Å². The predicted octanol–water partition coefficient (Wildman–Crippen LogP) is 4.41. The summed E-state index contributed by atoms with van der Waals surface area (Å²) in [5.41, 5.74) is 1.82. The maximum atomic E-state index is 12.3. The van der Waals surface area contributed by atoms with Gasteiger partial charge in [-0.05, 0) is 40.2 Å². The lowest BCUT2D eigenvalue weighted by Crippen LogP contribution is -2.12. The van der Waals surface area contributed by atoms with Gasteiger partial charge in [-0.15, -0.1) is 11.3 Å². The third-order valence-corrected chi connectivity index (χ3v) is 5.08. The summed E-state index contributed by atoms with van der Waals surface area (Å²) in [4.78, 5) is 15.9. The minimum absolute atomic E-state index is 0.117. The smallest absolute Gasteiger partial charge is 0.267 e. The van der Waals surface area contributed by atoms with Crippen LogP contribution in [-0.4, -0.2) is 12.1 Å². The normalized spacial score (nSPS) is 10.3. The molecule has 0 fully saturated rings. The molecule has 3 rings (SSSR count). The molecule has 2 aromatic heterocycles. The fourth-order valence-corrected chi connectivity index (χ4v) is 3.72. The lowest BCUT2D eigenvalue weighted by atomic mass is 10.0. The van der Waals surface area contributed by atoms with E-state index in [4.69, 9.17) is 4.74 Å². The Balaban J connectivity index is 2.22. The van der Waals surface area contributed by atoms with Crippen molar-refractivity contribution >= 4 is 27.3 Å². The summed E-state index contributed by atoms with van der Waals surface area (Å²) in [5, 5.41) is 11.2. The molecule has 0 saturated heterocycles. The molecule has 0 bridgehead atoms. The Bertz CT molecular complexity index is 969. The summed E-state index contributed by atoms with van der Waals surface area (Å²) in [6.07, 6.45) is 0. The van der Waals surface area contributed by atoms with Crippen molar-refractivity contribution in [1.29, 1.82) is 5.26 Å². The monoisotopic (exact) mass is 386 g/mol. The number of nitrogens with one attached hydrogen (secondary N) is 1. The summed E-state index contributed by atoms with van der Waals surface area (Å²) < 4.78 is 6.14. The fraction of sp³-hybridized carbons (Fsp3) is 0.0588. The SMILES string of the molecule is COc1cccc(-c2cc(-c3cc(Br)cs3)c(C#N)c(=O)[nH]2)c1. The van der Waals surface area contributed by atoms with E-state index in [1.54, 1.807) is 7.11 Å². The molecule has 0 spiro atoms. The predicted molar refractivity (Wildman–Crippen MR) is 94.8 cm³/mol. The van der Waals surface area contributed by atoms with Crippen LogP contribution in [0.15, 0.2) is 51.0 Å². The maximum absolute atomic E-state index is 12.3. The number of hydrogen-bond acceptors (Lipinski definition) is 4. The average Bonchev–Trinajstić information content (AvgIpc) is 3.00. The van der Waals surface area contributed by atoms with Gasteiger partial charge >= 0.3 is 0 Å². The summed E-state index contributed by atoms with van der Waals surface area (Å²) in [7, 11) is 1.59. The van der Waals surface area contributed by atoms with Crippen LogP contribution >= 0.6 is 27.3 Å². The van der Waals surface area contributed by atoms with Gasteiger partial charge in [-0.1, -0.05) is 12.1 Å². The fourth-order valence-electron chi connectivity index (χ4n) is 2.27. The quantitative estimate of drug-likeness (QED) is 0.724. The van der Waals surface area contributed by atoms with E-state index >= 15 is 0 Å². The Morgan fingerprint density at radius 1 is 1.30 bits per heavy atom. The molecule has 0 aliphatic carbocycles. The molecule has 4 nitrogen and oxygen atoms in total. The topological polar surface area (TPSA) is 65.9 Å². The van der Waals surface area contributed by atoms with Gasteiger partial charge in [0, 0.05) is 31.6 Å². The molecular weight excluding hydrogens is 376 g/mol. The van der Waals surface area contributed by atoms with Crippen molar-refractivity contribution in [2.45, 2.75) is 0 Å². The van der Waals surface area contributed by atoms with Gasteiger partial charge in [0.25, 0.3) is 5.56 Å². The number of nitriles is 1. The largest absolute Gasteiger partial charge is 0.497 e. The van der Waals surface area contributed by atoms with E-state index in [-0.39, 0.29) is 5.56 Å². The van der Waals surface area contributed by atoms with Crippen LogP contribution in [0.2, 0.25) is 0 Å². The number of H-pyrrole nitrogens is 1. The minimum atomic E-state index is -0.396. The molecular formula is C17H11BrN2O2S. The van der Waals surface area contributed by atoms with Crippen LogP contribution in [0.1, 0.15) is 5.56 Å². The second-order valence-corrected chi connectivity index (χ2v) is 6.60. The number of hydrogen-bond donors (Lipinski definition) is 1. The number of aromatic amines is 1. The van der Waals surface area contributed by atoms with Crippen molar-refractivity contribution in [2.24, 2.45) is 0 Å². The number of ether oxygens (including phenoxy) is 1. The first-order chi connectivity index (χ1) is 11.1. The molecule has 114 valence electrons. The average molecular weight is 387 g/mol. The molecule has 2 heterocycles. The van der Waals surface area contributed by atoms with Crippen LogP contribution in [-0.2, 0) is 0 Å². The van der Waals surface area contributed by atoms with Gasteiger partial charge < -0.3 is 9.72 Å². The van der Waals surface area contributed by atoms with Crippen molar-refractivity contribution in [2.75, 3.05) is 7.11 Å². The minimum Gasteiger partial charge on any atom is -0.497 e. The van der Waals surface area contributed by atoms with Crippen molar-refractivity contribution in [3.8, 4) is 33.5 Å². The van der Waals surface area contributed by atoms with E-state index in [1.807, 2.05) is 47.8 Å². The molecule has 0 unspecified atom stereocenters. The summed E-state index contributed by atoms with van der Waals surface area (Å²) in [6, 6.07) is 13.1. The Hall–Kier alpha value is -2.36. The Morgan fingerprint density at radius 2 is 2.13 bits per heavy atom. The second kappa shape index (κ2) is 6.41. The Morgan fingerprint density at radius 3 is 2.78 bits per heavy atom. The molecule has 23 heavy (non-hydrogen) atoms.